The van der Waals surface area contributed by atoms with Crippen molar-refractivity contribution in [2.45, 2.75) is 51.6 Å². The maximum Gasteiger partial charge on any atom is 0.191 e. The molecule has 2 N–H and O–H groups in total. The second-order valence-electron chi connectivity index (χ2n) is 6.70. The van der Waals surface area contributed by atoms with Crippen LogP contribution in [0.1, 0.15) is 37.0 Å². The zero-order valence-corrected chi connectivity index (χ0v) is 17.3. The van der Waals surface area contributed by atoms with Crippen molar-refractivity contribution in [3.8, 4) is 0 Å². The van der Waals surface area contributed by atoms with Gasteiger partial charge in [0.1, 0.15) is 5.82 Å². The first-order chi connectivity index (χ1) is 13.1. The van der Waals surface area contributed by atoms with E-state index in [0.29, 0.717) is 11.1 Å². The fourth-order valence-electron chi connectivity index (χ4n) is 3.23. The van der Waals surface area contributed by atoms with Gasteiger partial charge in [-0.15, -0.1) is 0 Å². The van der Waals surface area contributed by atoms with Crippen LogP contribution in [0, 0.1) is 0 Å². The molecular weight excluding hydrogens is 383 g/mol. The molecule has 1 atom stereocenters. The molecule has 0 spiro atoms. The summed E-state index contributed by atoms with van der Waals surface area (Å²) < 4.78 is 2.02. The van der Waals surface area contributed by atoms with Crippen LogP contribution < -0.4 is 10.6 Å². The largest absolute Gasteiger partial charge is 0.356 e. The molecule has 6 nitrogen and oxygen atoms in total. The molecule has 0 fully saturated rings. The van der Waals surface area contributed by atoms with Crippen molar-refractivity contribution < 1.29 is 0 Å². The van der Waals surface area contributed by atoms with Gasteiger partial charge in [-0.25, -0.2) is 9.67 Å². The van der Waals surface area contributed by atoms with Crippen LogP contribution in [0.4, 0.5) is 0 Å². The van der Waals surface area contributed by atoms with Crippen molar-refractivity contribution in [2.75, 3.05) is 13.6 Å². The van der Waals surface area contributed by atoms with Crippen molar-refractivity contribution in [1.29, 1.82) is 0 Å². The van der Waals surface area contributed by atoms with E-state index >= 15 is 0 Å². The molecule has 2 aromatic rings. The van der Waals surface area contributed by atoms with Gasteiger partial charge in [0.2, 0.25) is 0 Å². The molecule has 146 valence electrons. The molecule has 0 bridgehead atoms. The molecule has 27 heavy (non-hydrogen) atoms. The van der Waals surface area contributed by atoms with Crippen molar-refractivity contribution in [3.63, 3.8) is 0 Å². The van der Waals surface area contributed by atoms with E-state index in [1.807, 2.05) is 16.8 Å². The highest BCUT2D eigenvalue weighted by Gasteiger charge is 2.21. The third-order valence-electron chi connectivity index (χ3n) is 4.71. The molecule has 0 amide bonds. The Morgan fingerprint density at radius 3 is 2.96 bits per heavy atom. The molecule has 1 unspecified atom stereocenters. The standard InChI is InChI=1S/C19H26Cl2N6/c1-3-17-25-18-9-8-15(12-27(18)26-17)24-19(22-2)23-10-4-5-13-6-7-14(20)11-16(13)21/h6-7,11,15H,3-5,8-10,12H2,1-2H3,(H2,22,23,24). The zero-order chi connectivity index (χ0) is 19.2. The lowest BCUT2D eigenvalue weighted by molar-refractivity contribution is 0.392. The van der Waals surface area contributed by atoms with E-state index in [4.69, 9.17) is 23.2 Å². The molecule has 2 heterocycles. The molecule has 0 radical (unpaired) electrons. The van der Waals surface area contributed by atoms with Crippen LogP contribution >= 0.6 is 23.2 Å². The monoisotopic (exact) mass is 408 g/mol. The molecule has 1 aliphatic rings. The van der Waals surface area contributed by atoms with Gasteiger partial charge in [-0.2, -0.15) is 5.10 Å². The molecule has 1 aromatic carbocycles. The Kier molecular flexibility index (Phi) is 6.96. The van der Waals surface area contributed by atoms with E-state index in [-0.39, 0.29) is 0 Å². The van der Waals surface area contributed by atoms with Gasteiger partial charge in [0.25, 0.3) is 0 Å². The first kappa shape index (κ1) is 20.0. The number of aliphatic imine (C=N–C) groups is 1. The first-order valence-corrected chi connectivity index (χ1v) is 10.2. The van der Waals surface area contributed by atoms with Gasteiger partial charge >= 0.3 is 0 Å². The Morgan fingerprint density at radius 2 is 2.22 bits per heavy atom. The normalized spacial score (nSPS) is 16.9. The highest BCUT2D eigenvalue weighted by Crippen LogP contribution is 2.21. The minimum Gasteiger partial charge on any atom is -0.356 e. The quantitative estimate of drug-likeness (QED) is 0.437. The summed E-state index contributed by atoms with van der Waals surface area (Å²) in [5, 5.41) is 12.8. The second-order valence-corrected chi connectivity index (χ2v) is 7.54. The summed E-state index contributed by atoms with van der Waals surface area (Å²) in [6.07, 6.45) is 4.70. The summed E-state index contributed by atoms with van der Waals surface area (Å²) in [5.41, 5.74) is 1.11. The topological polar surface area (TPSA) is 67.1 Å². The SMILES string of the molecule is CCc1nc2n(n1)CC(NC(=NC)NCCCc1ccc(Cl)cc1Cl)CC2. The van der Waals surface area contributed by atoms with Crippen LogP contribution in [0.25, 0.3) is 0 Å². The predicted octanol–water partition coefficient (Wildman–Crippen LogP) is 3.26. The van der Waals surface area contributed by atoms with Crippen LogP contribution in [0.5, 0.6) is 0 Å². The van der Waals surface area contributed by atoms with Gasteiger partial charge in [-0.05, 0) is 37.0 Å². The van der Waals surface area contributed by atoms with Crippen LogP contribution in [0.2, 0.25) is 10.0 Å². The van der Waals surface area contributed by atoms with Gasteiger partial charge in [-0.3, -0.25) is 4.99 Å². The Morgan fingerprint density at radius 1 is 1.37 bits per heavy atom. The lowest BCUT2D eigenvalue weighted by Gasteiger charge is -2.25. The van der Waals surface area contributed by atoms with Crippen LogP contribution in [0.3, 0.4) is 0 Å². The molecule has 8 heteroatoms. The Labute approximate surface area is 170 Å². The summed E-state index contributed by atoms with van der Waals surface area (Å²) in [6.45, 7) is 3.73. The summed E-state index contributed by atoms with van der Waals surface area (Å²) in [6, 6.07) is 5.96. The van der Waals surface area contributed by atoms with E-state index in [0.717, 1.165) is 73.4 Å². The molecule has 0 saturated heterocycles. The highest BCUT2D eigenvalue weighted by molar-refractivity contribution is 6.35. The third kappa shape index (κ3) is 5.36. The number of hydrogen-bond donors (Lipinski definition) is 2. The van der Waals surface area contributed by atoms with E-state index < -0.39 is 0 Å². The number of benzene rings is 1. The predicted molar refractivity (Wildman–Crippen MR) is 111 cm³/mol. The summed E-state index contributed by atoms with van der Waals surface area (Å²) >= 11 is 12.2. The number of rotatable bonds is 6. The zero-order valence-electron chi connectivity index (χ0n) is 15.8. The minimum atomic E-state index is 0.306. The number of fused-ring (bicyclic) bond motifs is 1. The molecule has 0 saturated carbocycles. The van der Waals surface area contributed by atoms with Crippen molar-refractivity contribution in [2.24, 2.45) is 4.99 Å². The maximum atomic E-state index is 6.23. The molecule has 3 rings (SSSR count). The van der Waals surface area contributed by atoms with Gasteiger partial charge in [0, 0.05) is 42.5 Å². The van der Waals surface area contributed by atoms with Gasteiger partial charge in [0.05, 0.1) is 6.54 Å². The maximum absolute atomic E-state index is 6.23. The Hall–Kier alpha value is -1.79. The summed E-state index contributed by atoms with van der Waals surface area (Å²) in [5.74, 6) is 2.84. The highest BCUT2D eigenvalue weighted by atomic mass is 35.5. The van der Waals surface area contributed by atoms with Gasteiger partial charge < -0.3 is 10.6 Å². The summed E-state index contributed by atoms with van der Waals surface area (Å²) in [7, 11) is 1.80. The Bertz CT molecular complexity index is 801. The number of halogens is 2. The lowest BCUT2D eigenvalue weighted by atomic mass is 10.1. The van der Waals surface area contributed by atoms with Gasteiger partial charge in [-0.1, -0.05) is 36.2 Å². The van der Waals surface area contributed by atoms with Crippen LogP contribution in [0.15, 0.2) is 23.2 Å². The Balaban J connectivity index is 1.44. The minimum absolute atomic E-state index is 0.306. The fourth-order valence-corrected chi connectivity index (χ4v) is 3.73. The smallest absolute Gasteiger partial charge is 0.191 e. The summed E-state index contributed by atoms with van der Waals surface area (Å²) in [4.78, 5) is 8.90. The van der Waals surface area contributed by atoms with E-state index in [2.05, 4.69) is 32.6 Å². The number of aryl methyl sites for hydroxylation is 3. The first-order valence-electron chi connectivity index (χ1n) is 9.42. The number of guanidine groups is 1. The number of aromatic nitrogens is 3. The fraction of sp³-hybridized carbons (Fsp3) is 0.526. The molecule has 1 aliphatic heterocycles. The van der Waals surface area contributed by atoms with E-state index in [1.165, 1.54) is 0 Å². The number of hydrogen-bond acceptors (Lipinski definition) is 3. The van der Waals surface area contributed by atoms with E-state index in [9.17, 15) is 0 Å². The molecular formula is C19H26Cl2N6. The van der Waals surface area contributed by atoms with Crippen LogP contribution in [-0.4, -0.2) is 40.4 Å². The van der Waals surface area contributed by atoms with Crippen molar-refractivity contribution in [1.82, 2.24) is 25.4 Å². The lowest BCUT2D eigenvalue weighted by Crippen LogP contribution is -2.47. The second kappa shape index (κ2) is 9.42. The third-order valence-corrected chi connectivity index (χ3v) is 5.30. The van der Waals surface area contributed by atoms with Gasteiger partial charge in [0.15, 0.2) is 11.8 Å². The molecule has 1 aromatic heterocycles. The van der Waals surface area contributed by atoms with Crippen LogP contribution in [-0.2, 0) is 25.8 Å². The van der Waals surface area contributed by atoms with Crippen molar-refractivity contribution >= 4 is 29.2 Å². The average molecular weight is 409 g/mol. The average Bonchev–Trinajstić information content (AvgIpc) is 3.08. The van der Waals surface area contributed by atoms with E-state index in [1.54, 1.807) is 13.1 Å². The number of nitrogens with one attached hydrogen (secondary N) is 2. The number of nitrogens with zero attached hydrogens (tertiary/aromatic N) is 4. The molecule has 0 aliphatic carbocycles. The van der Waals surface area contributed by atoms with Crippen molar-refractivity contribution in [3.05, 3.63) is 45.5 Å².